The summed E-state index contributed by atoms with van der Waals surface area (Å²) in [5.74, 6) is -3.16. The standard InChI is InChI=1S/C5H8F2O/c1-4-2-8-3-5(4,6)7/h4H,2-3H2,1H3. The molecule has 3 heteroatoms. The molecule has 1 aliphatic heterocycles. The van der Waals surface area contributed by atoms with Gasteiger partial charge in [-0.1, -0.05) is 6.92 Å². The molecule has 0 amide bonds. The molecule has 0 aliphatic carbocycles. The molecule has 1 unspecified atom stereocenters. The van der Waals surface area contributed by atoms with Crippen molar-refractivity contribution in [3.8, 4) is 0 Å². The van der Waals surface area contributed by atoms with E-state index in [9.17, 15) is 8.78 Å². The molecular weight excluding hydrogens is 114 g/mol. The van der Waals surface area contributed by atoms with Crippen LogP contribution >= 0.6 is 0 Å². The Morgan fingerprint density at radius 1 is 1.62 bits per heavy atom. The van der Waals surface area contributed by atoms with Gasteiger partial charge in [-0.2, -0.15) is 0 Å². The fraction of sp³-hybridized carbons (Fsp3) is 1.00. The fourth-order valence-electron chi connectivity index (χ4n) is 0.636. The molecule has 1 aliphatic rings. The second-order valence-corrected chi connectivity index (χ2v) is 2.18. The van der Waals surface area contributed by atoms with E-state index in [-0.39, 0.29) is 6.61 Å². The van der Waals surface area contributed by atoms with Gasteiger partial charge >= 0.3 is 0 Å². The summed E-state index contributed by atoms with van der Waals surface area (Å²) >= 11 is 0. The van der Waals surface area contributed by atoms with E-state index < -0.39 is 18.4 Å². The minimum atomic E-state index is -2.57. The number of rotatable bonds is 0. The molecule has 0 radical (unpaired) electrons. The van der Waals surface area contributed by atoms with E-state index in [1.165, 1.54) is 6.92 Å². The van der Waals surface area contributed by atoms with E-state index in [0.717, 1.165) is 0 Å². The summed E-state index contributed by atoms with van der Waals surface area (Å²) in [6.45, 7) is 1.30. The van der Waals surface area contributed by atoms with Crippen LogP contribution in [-0.2, 0) is 4.74 Å². The van der Waals surface area contributed by atoms with Gasteiger partial charge in [0.1, 0.15) is 6.61 Å². The SMILES string of the molecule is CC1COCC1(F)F. The molecule has 1 heterocycles. The lowest BCUT2D eigenvalue weighted by atomic mass is 10.1. The van der Waals surface area contributed by atoms with Gasteiger partial charge in [0.25, 0.3) is 5.92 Å². The number of hydrogen-bond donors (Lipinski definition) is 0. The van der Waals surface area contributed by atoms with E-state index in [0.29, 0.717) is 0 Å². The van der Waals surface area contributed by atoms with Gasteiger partial charge in [-0.3, -0.25) is 0 Å². The van der Waals surface area contributed by atoms with Crippen LogP contribution in [0, 0.1) is 5.92 Å². The summed E-state index contributed by atoms with van der Waals surface area (Å²) in [5, 5.41) is 0. The molecule has 0 saturated carbocycles. The molecular formula is C5H8F2O. The maximum Gasteiger partial charge on any atom is 0.275 e. The predicted octanol–water partition coefficient (Wildman–Crippen LogP) is 1.29. The third-order valence-corrected chi connectivity index (χ3v) is 1.38. The lowest BCUT2D eigenvalue weighted by Gasteiger charge is -2.09. The highest BCUT2D eigenvalue weighted by Gasteiger charge is 2.41. The predicted molar refractivity (Wildman–Crippen MR) is 24.9 cm³/mol. The van der Waals surface area contributed by atoms with Crippen molar-refractivity contribution in [2.45, 2.75) is 12.8 Å². The zero-order valence-corrected chi connectivity index (χ0v) is 4.66. The monoisotopic (exact) mass is 122 g/mol. The van der Waals surface area contributed by atoms with Crippen molar-refractivity contribution < 1.29 is 13.5 Å². The number of hydrogen-bond acceptors (Lipinski definition) is 1. The van der Waals surface area contributed by atoms with Crippen molar-refractivity contribution in [1.82, 2.24) is 0 Å². The smallest absolute Gasteiger partial charge is 0.275 e. The second-order valence-electron chi connectivity index (χ2n) is 2.18. The summed E-state index contributed by atoms with van der Waals surface area (Å²) in [6, 6.07) is 0. The van der Waals surface area contributed by atoms with Crippen LogP contribution in [0.5, 0.6) is 0 Å². The topological polar surface area (TPSA) is 9.23 Å². The zero-order chi connectivity index (χ0) is 6.20. The summed E-state index contributed by atoms with van der Waals surface area (Å²) in [7, 11) is 0. The Bertz CT molecular complexity index is 92.4. The Labute approximate surface area is 46.6 Å². The van der Waals surface area contributed by atoms with Gasteiger partial charge in [0.15, 0.2) is 0 Å². The molecule has 8 heavy (non-hydrogen) atoms. The first-order valence-corrected chi connectivity index (χ1v) is 2.58. The summed E-state index contributed by atoms with van der Waals surface area (Å²) in [6.07, 6.45) is 0. The van der Waals surface area contributed by atoms with Crippen molar-refractivity contribution in [2.24, 2.45) is 5.92 Å². The third kappa shape index (κ3) is 0.823. The average Bonchev–Trinajstić information content (AvgIpc) is 1.86. The molecule has 1 fully saturated rings. The van der Waals surface area contributed by atoms with Crippen LogP contribution in [-0.4, -0.2) is 19.1 Å². The Kier molecular flexibility index (Phi) is 1.23. The number of halogens is 2. The largest absolute Gasteiger partial charge is 0.375 e. The van der Waals surface area contributed by atoms with E-state index >= 15 is 0 Å². The molecule has 1 atom stereocenters. The molecule has 1 rings (SSSR count). The molecule has 0 N–H and O–H groups in total. The van der Waals surface area contributed by atoms with Gasteiger partial charge in [-0.05, 0) is 0 Å². The first-order chi connectivity index (χ1) is 3.63. The highest BCUT2D eigenvalue weighted by molar-refractivity contribution is 4.77. The normalized spacial score (nSPS) is 35.6. The molecule has 1 nitrogen and oxygen atoms in total. The Morgan fingerprint density at radius 3 is 2.38 bits per heavy atom. The van der Waals surface area contributed by atoms with E-state index in [2.05, 4.69) is 4.74 Å². The number of alkyl halides is 2. The van der Waals surface area contributed by atoms with E-state index in [4.69, 9.17) is 0 Å². The van der Waals surface area contributed by atoms with E-state index in [1.807, 2.05) is 0 Å². The Hall–Kier alpha value is -0.180. The highest BCUT2D eigenvalue weighted by Crippen LogP contribution is 2.29. The third-order valence-electron chi connectivity index (χ3n) is 1.38. The molecule has 0 aromatic carbocycles. The van der Waals surface area contributed by atoms with Crippen LogP contribution in [0.1, 0.15) is 6.92 Å². The van der Waals surface area contributed by atoms with E-state index in [1.54, 1.807) is 0 Å². The van der Waals surface area contributed by atoms with Crippen molar-refractivity contribution >= 4 is 0 Å². The number of ether oxygens (including phenoxy) is 1. The van der Waals surface area contributed by atoms with Crippen LogP contribution in [0.4, 0.5) is 8.78 Å². The van der Waals surface area contributed by atoms with Crippen molar-refractivity contribution in [2.75, 3.05) is 13.2 Å². The zero-order valence-electron chi connectivity index (χ0n) is 4.66. The molecule has 48 valence electrons. The van der Waals surface area contributed by atoms with Gasteiger partial charge in [0, 0.05) is 5.92 Å². The average molecular weight is 122 g/mol. The first-order valence-electron chi connectivity index (χ1n) is 2.58. The summed E-state index contributed by atoms with van der Waals surface area (Å²) in [5.41, 5.74) is 0. The van der Waals surface area contributed by atoms with Crippen molar-refractivity contribution in [3.63, 3.8) is 0 Å². The second kappa shape index (κ2) is 1.65. The van der Waals surface area contributed by atoms with Gasteiger partial charge in [0.2, 0.25) is 0 Å². The van der Waals surface area contributed by atoms with Crippen molar-refractivity contribution in [3.05, 3.63) is 0 Å². The van der Waals surface area contributed by atoms with Gasteiger partial charge < -0.3 is 4.74 Å². The van der Waals surface area contributed by atoms with Crippen LogP contribution in [0.15, 0.2) is 0 Å². The van der Waals surface area contributed by atoms with Crippen LogP contribution < -0.4 is 0 Å². The maximum absolute atomic E-state index is 12.2. The molecule has 0 aromatic heterocycles. The molecule has 0 spiro atoms. The molecule has 0 aromatic rings. The van der Waals surface area contributed by atoms with Crippen LogP contribution in [0.25, 0.3) is 0 Å². The minimum absolute atomic E-state index is 0.201. The van der Waals surface area contributed by atoms with Gasteiger partial charge in [-0.25, -0.2) is 8.78 Å². The van der Waals surface area contributed by atoms with Crippen LogP contribution in [0.2, 0.25) is 0 Å². The Balaban J connectivity index is 2.54. The molecule has 1 saturated heterocycles. The van der Waals surface area contributed by atoms with Gasteiger partial charge in [-0.15, -0.1) is 0 Å². The lowest BCUT2D eigenvalue weighted by molar-refractivity contribution is -0.0318. The fourth-order valence-corrected chi connectivity index (χ4v) is 0.636. The molecule has 0 bridgehead atoms. The lowest BCUT2D eigenvalue weighted by Crippen LogP contribution is -2.23. The maximum atomic E-state index is 12.2. The highest BCUT2D eigenvalue weighted by atomic mass is 19.3. The van der Waals surface area contributed by atoms with Crippen LogP contribution in [0.3, 0.4) is 0 Å². The quantitative estimate of drug-likeness (QED) is 0.470. The minimum Gasteiger partial charge on any atom is -0.375 e. The summed E-state index contributed by atoms with van der Waals surface area (Å²) in [4.78, 5) is 0. The van der Waals surface area contributed by atoms with Crippen molar-refractivity contribution in [1.29, 1.82) is 0 Å². The van der Waals surface area contributed by atoms with Gasteiger partial charge in [0.05, 0.1) is 6.61 Å². The Morgan fingerprint density at radius 2 is 2.25 bits per heavy atom. The first kappa shape index (κ1) is 5.95. The summed E-state index contributed by atoms with van der Waals surface area (Å²) < 4.78 is 28.9.